The van der Waals surface area contributed by atoms with Gasteiger partial charge in [-0.2, -0.15) is 0 Å². The standard InChI is InChI=1S/C18H25NO/c1-4-12-19(13-5-2)14-17(15-20)18(6-3)16-10-8-7-9-11-16/h6-11,14-15H,4-5,12-13H2,1-3H3/b17-14-,18-6+. The first-order chi connectivity index (χ1) is 9.76. The molecule has 2 heteroatoms. The Balaban J connectivity index is 3.05. The average Bonchev–Trinajstić information content (AvgIpc) is 2.48. The van der Waals surface area contributed by atoms with Crippen LogP contribution < -0.4 is 0 Å². The number of aldehydes is 1. The van der Waals surface area contributed by atoms with Crippen LogP contribution in [0.5, 0.6) is 0 Å². The van der Waals surface area contributed by atoms with E-state index in [0.717, 1.165) is 48.9 Å². The first-order valence-electron chi connectivity index (χ1n) is 7.39. The Morgan fingerprint density at radius 1 is 1.10 bits per heavy atom. The fourth-order valence-corrected chi connectivity index (χ4v) is 2.29. The zero-order valence-corrected chi connectivity index (χ0v) is 12.8. The number of benzene rings is 1. The van der Waals surface area contributed by atoms with E-state index in [0.29, 0.717) is 0 Å². The van der Waals surface area contributed by atoms with Gasteiger partial charge in [-0.15, -0.1) is 0 Å². The highest BCUT2D eigenvalue weighted by Gasteiger charge is 2.08. The van der Waals surface area contributed by atoms with Gasteiger partial charge in [-0.05, 0) is 30.9 Å². The van der Waals surface area contributed by atoms with Crippen LogP contribution in [-0.2, 0) is 4.79 Å². The van der Waals surface area contributed by atoms with Crippen molar-refractivity contribution in [1.29, 1.82) is 0 Å². The molecule has 0 unspecified atom stereocenters. The molecule has 1 rings (SSSR count). The normalized spacial score (nSPS) is 12.3. The Labute approximate surface area is 122 Å². The third-order valence-corrected chi connectivity index (χ3v) is 3.15. The molecule has 0 saturated heterocycles. The maximum absolute atomic E-state index is 11.5. The molecule has 0 aliphatic carbocycles. The Morgan fingerprint density at radius 2 is 1.70 bits per heavy atom. The molecule has 0 aliphatic rings. The van der Waals surface area contributed by atoms with Gasteiger partial charge in [0.25, 0.3) is 0 Å². The van der Waals surface area contributed by atoms with Gasteiger partial charge in [0.05, 0.1) is 0 Å². The number of hydrogen-bond acceptors (Lipinski definition) is 2. The predicted octanol–water partition coefficient (Wildman–Crippen LogP) is 4.29. The Morgan fingerprint density at radius 3 is 2.15 bits per heavy atom. The second-order valence-corrected chi connectivity index (χ2v) is 4.81. The van der Waals surface area contributed by atoms with Gasteiger partial charge in [-0.25, -0.2) is 0 Å². The van der Waals surface area contributed by atoms with Crippen molar-refractivity contribution in [3.8, 4) is 0 Å². The van der Waals surface area contributed by atoms with E-state index >= 15 is 0 Å². The molecule has 2 nitrogen and oxygen atoms in total. The topological polar surface area (TPSA) is 20.3 Å². The van der Waals surface area contributed by atoms with E-state index in [4.69, 9.17) is 0 Å². The van der Waals surface area contributed by atoms with Crippen molar-refractivity contribution in [1.82, 2.24) is 4.90 Å². The van der Waals surface area contributed by atoms with Crippen molar-refractivity contribution in [2.45, 2.75) is 33.6 Å². The Bertz CT molecular complexity index is 454. The van der Waals surface area contributed by atoms with Gasteiger partial charge in [0.1, 0.15) is 0 Å². The molecule has 20 heavy (non-hydrogen) atoms. The first kappa shape index (κ1) is 16.2. The molecule has 0 saturated carbocycles. The fourth-order valence-electron chi connectivity index (χ4n) is 2.29. The van der Waals surface area contributed by atoms with Crippen molar-refractivity contribution < 1.29 is 4.79 Å². The van der Waals surface area contributed by atoms with E-state index < -0.39 is 0 Å². The zero-order chi connectivity index (χ0) is 14.8. The number of nitrogens with zero attached hydrogens (tertiary/aromatic N) is 1. The lowest BCUT2D eigenvalue weighted by molar-refractivity contribution is -0.104. The first-order valence-corrected chi connectivity index (χ1v) is 7.39. The highest BCUT2D eigenvalue weighted by Crippen LogP contribution is 2.22. The molecule has 0 fully saturated rings. The molecule has 0 aliphatic heterocycles. The van der Waals surface area contributed by atoms with E-state index in [2.05, 4.69) is 18.7 Å². The van der Waals surface area contributed by atoms with E-state index in [9.17, 15) is 4.79 Å². The molecule has 108 valence electrons. The quantitative estimate of drug-likeness (QED) is 0.399. The van der Waals surface area contributed by atoms with Crippen LogP contribution in [0.2, 0.25) is 0 Å². The zero-order valence-electron chi connectivity index (χ0n) is 12.8. The molecule has 0 aromatic heterocycles. The van der Waals surface area contributed by atoms with Crippen LogP contribution in [-0.4, -0.2) is 24.3 Å². The summed E-state index contributed by atoms with van der Waals surface area (Å²) in [6.45, 7) is 8.26. The van der Waals surface area contributed by atoms with Gasteiger partial charge < -0.3 is 4.90 Å². The summed E-state index contributed by atoms with van der Waals surface area (Å²) in [7, 11) is 0. The average molecular weight is 271 g/mol. The van der Waals surface area contributed by atoms with Crippen molar-refractivity contribution >= 4 is 11.9 Å². The molecule has 1 aromatic rings. The lowest BCUT2D eigenvalue weighted by atomic mass is 9.99. The Hall–Kier alpha value is -1.83. The van der Waals surface area contributed by atoms with Crippen LogP contribution in [0.25, 0.3) is 5.57 Å². The van der Waals surface area contributed by atoms with Gasteiger partial charge in [-0.3, -0.25) is 4.79 Å². The molecule has 0 amide bonds. The SMILES string of the molecule is C/C=C(/C(C=O)=C\N(CCC)CCC)c1ccccc1. The predicted molar refractivity (Wildman–Crippen MR) is 86.4 cm³/mol. The number of allylic oxidation sites excluding steroid dienone is 3. The lowest BCUT2D eigenvalue weighted by Crippen LogP contribution is -2.20. The molecule has 0 heterocycles. The van der Waals surface area contributed by atoms with Crippen molar-refractivity contribution in [2.75, 3.05) is 13.1 Å². The van der Waals surface area contributed by atoms with Crippen LogP contribution in [0.15, 0.2) is 48.2 Å². The van der Waals surface area contributed by atoms with E-state index in [1.54, 1.807) is 0 Å². The molecule has 0 radical (unpaired) electrons. The lowest BCUT2D eigenvalue weighted by Gasteiger charge is -2.20. The van der Waals surface area contributed by atoms with Crippen molar-refractivity contribution in [3.05, 3.63) is 53.7 Å². The monoisotopic (exact) mass is 271 g/mol. The van der Waals surface area contributed by atoms with Crippen LogP contribution in [0.4, 0.5) is 0 Å². The summed E-state index contributed by atoms with van der Waals surface area (Å²) in [4.78, 5) is 13.7. The highest BCUT2D eigenvalue weighted by atomic mass is 16.1. The molecule has 0 atom stereocenters. The summed E-state index contributed by atoms with van der Waals surface area (Å²) in [6.07, 6.45) is 7.13. The number of hydrogen-bond donors (Lipinski definition) is 0. The highest BCUT2D eigenvalue weighted by molar-refractivity contribution is 5.98. The minimum Gasteiger partial charge on any atom is -0.377 e. The van der Waals surface area contributed by atoms with E-state index in [1.807, 2.05) is 49.5 Å². The summed E-state index contributed by atoms with van der Waals surface area (Å²) in [5.74, 6) is 0. The van der Waals surface area contributed by atoms with Gasteiger partial charge in [0.2, 0.25) is 0 Å². The number of carbonyl (C=O) groups excluding carboxylic acids is 1. The van der Waals surface area contributed by atoms with Crippen LogP contribution in [0.1, 0.15) is 39.2 Å². The second kappa shape index (κ2) is 9.13. The molecule has 1 aromatic carbocycles. The summed E-state index contributed by atoms with van der Waals surface area (Å²) in [5, 5.41) is 0. The molecule has 0 N–H and O–H groups in total. The van der Waals surface area contributed by atoms with Crippen molar-refractivity contribution in [2.24, 2.45) is 0 Å². The molecule has 0 bridgehead atoms. The third kappa shape index (κ3) is 4.69. The van der Waals surface area contributed by atoms with E-state index in [1.165, 1.54) is 0 Å². The van der Waals surface area contributed by atoms with Crippen LogP contribution >= 0.6 is 0 Å². The fraction of sp³-hybridized carbons (Fsp3) is 0.389. The number of rotatable bonds is 8. The summed E-state index contributed by atoms with van der Waals surface area (Å²) in [6, 6.07) is 10.1. The Kier molecular flexibility index (Phi) is 7.41. The van der Waals surface area contributed by atoms with Gasteiger partial charge in [-0.1, -0.05) is 50.3 Å². The van der Waals surface area contributed by atoms with E-state index in [-0.39, 0.29) is 0 Å². The van der Waals surface area contributed by atoms with Crippen LogP contribution in [0.3, 0.4) is 0 Å². The summed E-state index contributed by atoms with van der Waals surface area (Å²) >= 11 is 0. The maximum Gasteiger partial charge on any atom is 0.152 e. The van der Waals surface area contributed by atoms with Crippen molar-refractivity contribution in [3.63, 3.8) is 0 Å². The summed E-state index contributed by atoms with van der Waals surface area (Å²) < 4.78 is 0. The van der Waals surface area contributed by atoms with Gasteiger partial charge in [0, 0.05) is 24.9 Å². The molecule has 0 spiro atoms. The molecular formula is C18H25NO. The maximum atomic E-state index is 11.5. The smallest absolute Gasteiger partial charge is 0.152 e. The van der Waals surface area contributed by atoms with Gasteiger partial charge >= 0.3 is 0 Å². The minimum atomic E-state index is 0.751. The largest absolute Gasteiger partial charge is 0.377 e. The summed E-state index contributed by atoms with van der Waals surface area (Å²) in [5.41, 5.74) is 2.83. The van der Waals surface area contributed by atoms with Crippen LogP contribution in [0, 0.1) is 0 Å². The third-order valence-electron chi connectivity index (χ3n) is 3.15. The minimum absolute atomic E-state index is 0.751. The number of carbonyl (C=O) groups is 1. The van der Waals surface area contributed by atoms with Gasteiger partial charge in [0.15, 0.2) is 6.29 Å². The molecular weight excluding hydrogens is 246 g/mol. The second-order valence-electron chi connectivity index (χ2n) is 4.81.